The minimum atomic E-state index is 0.853. The lowest BCUT2D eigenvalue weighted by Gasteiger charge is -2.06. The number of nitrogens with two attached hydrogens (primary N) is 1. The van der Waals surface area contributed by atoms with Gasteiger partial charge in [0.25, 0.3) is 0 Å². The molecule has 0 unspecified atom stereocenters. The van der Waals surface area contributed by atoms with Crippen LogP contribution in [0.4, 0.5) is 5.69 Å². The van der Waals surface area contributed by atoms with Crippen molar-refractivity contribution in [3.8, 4) is 0 Å². The maximum Gasteiger partial charge on any atom is 0.0702 e. The first kappa shape index (κ1) is 13.0. The smallest absolute Gasteiger partial charge is 0.0702 e. The van der Waals surface area contributed by atoms with Gasteiger partial charge in [-0.2, -0.15) is 0 Å². The van der Waals surface area contributed by atoms with Crippen LogP contribution in [0.2, 0.25) is 0 Å². The Bertz CT molecular complexity index is 753. The normalized spacial score (nSPS) is 10.8. The highest BCUT2D eigenvalue weighted by atomic mass is 32.2. The lowest BCUT2D eigenvalue weighted by Crippen LogP contribution is -1.89. The molecular formula is C17H16N2S. The maximum atomic E-state index is 5.84. The van der Waals surface area contributed by atoms with Crippen molar-refractivity contribution in [3.63, 3.8) is 0 Å². The largest absolute Gasteiger partial charge is 0.399 e. The number of nitrogens with zero attached hydrogens (tertiary/aromatic N) is 1. The Hall–Kier alpha value is -2.00. The Morgan fingerprint density at radius 3 is 2.85 bits per heavy atom. The van der Waals surface area contributed by atoms with Crippen molar-refractivity contribution in [1.29, 1.82) is 0 Å². The predicted octanol–water partition coefficient (Wildman–Crippen LogP) is 4.42. The average Bonchev–Trinajstić information content (AvgIpc) is 2.48. The number of aromatic nitrogens is 1. The molecule has 0 saturated heterocycles. The van der Waals surface area contributed by atoms with Crippen LogP contribution in [0.5, 0.6) is 0 Å². The van der Waals surface area contributed by atoms with Gasteiger partial charge in [0.05, 0.1) is 5.52 Å². The van der Waals surface area contributed by atoms with Crippen molar-refractivity contribution >= 4 is 28.4 Å². The van der Waals surface area contributed by atoms with Crippen molar-refractivity contribution in [3.05, 3.63) is 65.9 Å². The van der Waals surface area contributed by atoms with E-state index in [9.17, 15) is 0 Å². The number of nitrogen functional groups attached to an aromatic ring is 1. The molecule has 0 atom stereocenters. The molecule has 20 heavy (non-hydrogen) atoms. The van der Waals surface area contributed by atoms with Crippen LogP contribution < -0.4 is 5.73 Å². The quantitative estimate of drug-likeness (QED) is 0.570. The number of benzene rings is 2. The van der Waals surface area contributed by atoms with Crippen LogP contribution in [-0.4, -0.2) is 4.98 Å². The van der Waals surface area contributed by atoms with Gasteiger partial charge in [-0.25, -0.2) is 0 Å². The van der Waals surface area contributed by atoms with E-state index in [4.69, 9.17) is 5.73 Å². The molecule has 2 aromatic carbocycles. The molecule has 100 valence electrons. The summed E-state index contributed by atoms with van der Waals surface area (Å²) in [4.78, 5) is 5.59. The van der Waals surface area contributed by atoms with Gasteiger partial charge in [-0.05, 0) is 54.4 Å². The summed E-state index contributed by atoms with van der Waals surface area (Å²) in [6.07, 6.45) is 1.83. The van der Waals surface area contributed by atoms with E-state index in [1.165, 1.54) is 15.8 Å². The Morgan fingerprint density at radius 1 is 1.10 bits per heavy atom. The van der Waals surface area contributed by atoms with Gasteiger partial charge in [-0.3, -0.25) is 4.98 Å². The molecule has 1 aromatic heterocycles. The zero-order valence-electron chi connectivity index (χ0n) is 11.3. The third-order valence-corrected chi connectivity index (χ3v) is 4.38. The molecule has 3 heteroatoms. The van der Waals surface area contributed by atoms with E-state index in [1.807, 2.05) is 37.0 Å². The van der Waals surface area contributed by atoms with Gasteiger partial charge in [0.15, 0.2) is 0 Å². The number of hydrogen-bond donors (Lipinski definition) is 1. The SMILES string of the molecule is Cc1cc(SCc2ccc3ncccc3c2)ccc1N. The van der Waals surface area contributed by atoms with Crippen molar-refractivity contribution in [2.45, 2.75) is 17.6 Å². The first-order valence-corrected chi connectivity index (χ1v) is 7.53. The van der Waals surface area contributed by atoms with Gasteiger partial charge >= 0.3 is 0 Å². The zero-order chi connectivity index (χ0) is 13.9. The molecule has 3 aromatic rings. The lowest BCUT2D eigenvalue weighted by molar-refractivity contribution is 1.34. The fraction of sp³-hybridized carbons (Fsp3) is 0.118. The second-order valence-corrected chi connectivity index (χ2v) is 5.89. The molecule has 2 N–H and O–H groups in total. The fourth-order valence-electron chi connectivity index (χ4n) is 2.12. The van der Waals surface area contributed by atoms with E-state index >= 15 is 0 Å². The summed E-state index contributed by atoms with van der Waals surface area (Å²) in [6, 6.07) is 16.7. The van der Waals surface area contributed by atoms with E-state index < -0.39 is 0 Å². The molecule has 1 heterocycles. The van der Waals surface area contributed by atoms with Crippen molar-refractivity contribution in [2.75, 3.05) is 5.73 Å². The van der Waals surface area contributed by atoms with Gasteiger partial charge in [0.1, 0.15) is 0 Å². The second kappa shape index (κ2) is 5.55. The van der Waals surface area contributed by atoms with E-state index in [0.717, 1.165) is 22.5 Å². The highest BCUT2D eigenvalue weighted by Crippen LogP contribution is 2.26. The number of hydrogen-bond acceptors (Lipinski definition) is 3. The second-order valence-electron chi connectivity index (χ2n) is 4.84. The standard InChI is InChI=1S/C17H16N2S/c1-12-9-15(5-6-16(12)18)20-11-13-4-7-17-14(10-13)3-2-8-19-17/h2-10H,11,18H2,1H3. The maximum absolute atomic E-state index is 5.84. The van der Waals surface area contributed by atoms with E-state index in [0.29, 0.717) is 0 Å². The first-order chi connectivity index (χ1) is 9.72. The zero-order valence-corrected chi connectivity index (χ0v) is 12.2. The minimum absolute atomic E-state index is 0.853. The van der Waals surface area contributed by atoms with Gasteiger partial charge in [-0.1, -0.05) is 12.1 Å². The molecule has 0 aliphatic heterocycles. The van der Waals surface area contributed by atoms with Crippen LogP contribution in [0.25, 0.3) is 10.9 Å². The Kier molecular flexibility index (Phi) is 3.61. The average molecular weight is 280 g/mol. The van der Waals surface area contributed by atoms with Gasteiger partial charge in [0.2, 0.25) is 0 Å². The Morgan fingerprint density at radius 2 is 2.00 bits per heavy atom. The molecule has 0 aliphatic carbocycles. The van der Waals surface area contributed by atoms with Crippen molar-refractivity contribution in [2.24, 2.45) is 0 Å². The van der Waals surface area contributed by atoms with Crippen molar-refractivity contribution in [1.82, 2.24) is 4.98 Å². The van der Waals surface area contributed by atoms with Gasteiger partial charge < -0.3 is 5.73 Å². The van der Waals surface area contributed by atoms with E-state index in [2.05, 4.69) is 41.4 Å². The highest BCUT2D eigenvalue weighted by Gasteiger charge is 2.01. The highest BCUT2D eigenvalue weighted by molar-refractivity contribution is 7.98. The third-order valence-electron chi connectivity index (χ3n) is 3.31. The summed E-state index contributed by atoms with van der Waals surface area (Å²) >= 11 is 1.83. The summed E-state index contributed by atoms with van der Waals surface area (Å²) in [5.74, 6) is 0.953. The fourth-order valence-corrected chi connectivity index (χ4v) is 3.06. The van der Waals surface area contributed by atoms with Crippen molar-refractivity contribution < 1.29 is 0 Å². The number of pyridine rings is 1. The summed E-state index contributed by atoms with van der Waals surface area (Å²) in [7, 11) is 0. The number of aryl methyl sites for hydroxylation is 1. The predicted molar refractivity (Wildman–Crippen MR) is 86.9 cm³/mol. The van der Waals surface area contributed by atoms with Crippen LogP contribution in [0.15, 0.2) is 59.6 Å². The Balaban J connectivity index is 1.77. The van der Waals surface area contributed by atoms with Crippen LogP contribution in [0, 0.1) is 6.92 Å². The first-order valence-electron chi connectivity index (χ1n) is 6.55. The monoisotopic (exact) mass is 280 g/mol. The lowest BCUT2D eigenvalue weighted by atomic mass is 10.1. The number of fused-ring (bicyclic) bond motifs is 1. The molecule has 0 spiro atoms. The molecule has 0 radical (unpaired) electrons. The summed E-state index contributed by atoms with van der Waals surface area (Å²) in [5.41, 5.74) is 10.2. The molecular weight excluding hydrogens is 264 g/mol. The summed E-state index contributed by atoms with van der Waals surface area (Å²) in [5, 5.41) is 1.19. The van der Waals surface area contributed by atoms with E-state index in [-0.39, 0.29) is 0 Å². The topological polar surface area (TPSA) is 38.9 Å². The summed E-state index contributed by atoms with van der Waals surface area (Å²) in [6.45, 7) is 2.04. The van der Waals surface area contributed by atoms with Gasteiger partial charge in [0, 0.05) is 27.9 Å². The molecule has 3 rings (SSSR count). The van der Waals surface area contributed by atoms with Crippen LogP contribution in [0.3, 0.4) is 0 Å². The number of rotatable bonds is 3. The van der Waals surface area contributed by atoms with E-state index in [1.54, 1.807) is 0 Å². The van der Waals surface area contributed by atoms with Gasteiger partial charge in [-0.15, -0.1) is 11.8 Å². The van der Waals surface area contributed by atoms with Crippen LogP contribution in [0.1, 0.15) is 11.1 Å². The molecule has 0 bridgehead atoms. The molecule has 2 nitrogen and oxygen atoms in total. The molecule has 0 fully saturated rings. The number of anilines is 1. The number of thioether (sulfide) groups is 1. The molecule has 0 saturated carbocycles. The Labute approximate surface area is 123 Å². The van der Waals surface area contributed by atoms with Crippen LogP contribution >= 0.6 is 11.8 Å². The molecule has 0 aliphatic rings. The minimum Gasteiger partial charge on any atom is -0.399 e. The summed E-state index contributed by atoms with van der Waals surface area (Å²) < 4.78 is 0. The third kappa shape index (κ3) is 2.78. The van der Waals surface area contributed by atoms with Crippen LogP contribution in [-0.2, 0) is 5.75 Å². The molecule has 0 amide bonds.